The number of amides is 1. The predicted octanol–water partition coefficient (Wildman–Crippen LogP) is 3.10. The second-order valence-electron chi connectivity index (χ2n) is 4.69. The van der Waals surface area contributed by atoms with E-state index in [0.717, 1.165) is 30.2 Å². The molecule has 98 valence electrons. The van der Waals surface area contributed by atoms with Crippen molar-refractivity contribution in [3.63, 3.8) is 0 Å². The van der Waals surface area contributed by atoms with Crippen molar-refractivity contribution in [3.05, 3.63) is 33.3 Å². The summed E-state index contributed by atoms with van der Waals surface area (Å²) in [7, 11) is 0. The lowest BCUT2D eigenvalue weighted by molar-refractivity contribution is 0.0921. The number of nitrogens with two attached hydrogens (primary N) is 1. The zero-order valence-electron chi connectivity index (χ0n) is 9.96. The quantitative estimate of drug-likeness (QED) is 0.875. The highest BCUT2D eigenvalue weighted by molar-refractivity contribution is 9.10. The summed E-state index contributed by atoms with van der Waals surface area (Å²) in [5, 5.41) is 3.54. The highest BCUT2D eigenvalue weighted by atomic mass is 79.9. The number of carbonyl (C=O) groups excluding carboxylic acids is 1. The molecule has 2 atom stereocenters. The van der Waals surface area contributed by atoms with E-state index in [9.17, 15) is 4.79 Å². The third-order valence-corrected chi connectivity index (χ3v) is 3.94. The van der Waals surface area contributed by atoms with E-state index in [1.165, 1.54) is 0 Å². The van der Waals surface area contributed by atoms with E-state index in [1.54, 1.807) is 18.2 Å². The van der Waals surface area contributed by atoms with Crippen molar-refractivity contribution in [3.8, 4) is 0 Å². The lowest BCUT2D eigenvalue weighted by Gasteiger charge is -2.29. The first-order chi connectivity index (χ1) is 8.56. The van der Waals surface area contributed by atoms with Crippen LogP contribution in [0.2, 0.25) is 5.02 Å². The van der Waals surface area contributed by atoms with E-state index in [4.69, 9.17) is 17.3 Å². The Morgan fingerprint density at radius 1 is 1.33 bits per heavy atom. The van der Waals surface area contributed by atoms with Gasteiger partial charge in [0, 0.05) is 27.1 Å². The van der Waals surface area contributed by atoms with Gasteiger partial charge >= 0.3 is 0 Å². The maximum atomic E-state index is 12.1. The van der Waals surface area contributed by atoms with Gasteiger partial charge in [0.15, 0.2) is 0 Å². The number of carbonyl (C=O) groups is 1. The topological polar surface area (TPSA) is 55.1 Å². The molecule has 1 aliphatic rings. The molecule has 1 aromatic carbocycles. The highest BCUT2D eigenvalue weighted by Crippen LogP contribution is 2.21. The van der Waals surface area contributed by atoms with Crippen molar-refractivity contribution in [1.29, 1.82) is 0 Å². The fraction of sp³-hybridized carbons (Fsp3) is 0.462. The van der Waals surface area contributed by atoms with Gasteiger partial charge in [-0.2, -0.15) is 0 Å². The molecule has 1 aromatic rings. The van der Waals surface area contributed by atoms with E-state index < -0.39 is 0 Å². The van der Waals surface area contributed by atoms with Crippen molar-refractivity contribution >= 4 is 33.4 Å². The normalized spacial score (nSPS) is 23.7. The third-order valence-electron chi connectivity index (χ3n) is 3.26. The number of nitrogens with one attached hydrogen (secondary N) is 1. The molecule has 1 amide bonds. The SMILES string of the molecule is N[C@@H]1CCCC[C@H]1NC(=O)c1cc(Cl)cc(Br)c1. The van der Waals surface area contributed by atoms with Gasteiger partial charge in [0.05, 0.1) is 0 Å². The van der Waals surface area contributed by atoms with Crippen LogP contribution >= 0.6 is 27.5 Å². The number of benzene rings is 1. The van der Waals surface area contributed by atoms with Crippen LogP contribution in [0.25, 0.3) is 0 Å². The van der Waals surface area contributed by atoms with Gasteiger partial charge in [-0.25, -0.2) is 0 Å². The predicted molar refractivity (Wildman–Crippen MR) is 76.8 cm³/mol. The number of rotatable bonds is 2. The summed E-state index contributed by atoms with van der Waals surface area (Å²) >= 11 is 9.26. The van der Waals surface area contributed by atoms with E-state index in [2.05, 4.69) is 21.2 Å². The van der Waals surface area contributed by atoms with Crippen LogP contribution in [0.15, 0.2) is 22.7 Å². The van der Waals surface area contributed by atoms with Crippen molar-refractivity contribution in [2.45, 2.75) is 37.8 Å². The van der Waals surface area contributed by atoms with Gasteiger partial charge in [-0.15, -0.1) is 0 Å². The summed E-state index contributed by atoms with van der Waals surface area (Å²) in [5.74, 6) is -0.111. The van der Waals surface area contributed by atoms with Gasteiger partial charge < -0.3 is 11.1 Å². The van der Waals surface area contributed by atoms with Gasteiger partial charge in [0.2, 0.25) is 0 Å². The summed E-state index contributed by atoms with van der Waals surface area (Å²) in [6.07, 6.45) is 4.20. The average Bonchev–Trinajstić information content (AvgIpc) is 2.31. The number of hydrogen-bond donors (Lipinski definition) is 2. The molecule has 2 rings (SSSR count). The molecule has 18 heavy (non-hydrogen) atoms. The lowest BCUT2D eigenvalue weighted by Crippen LogP contribution is -2.49. The Balaban J connectivity index is 2.06. The minimum Gasteiger partial charge on any atom is -0.348 e. The Kier molecular flexibility index (Phi) is 4.65. The van der Waals surface area contributed by atoms with Crippen LogP contribution in [0.4, 0.5) is 0 Å². The Labute approximate surface area is 120 Å². The Morgan fingerprint density at radius 3 is 2.72 bits per heavy atom. The van der Waals surface area contributed by atoms with Crippen LogP contribution in [-0.2, 0) is 0 Å². The van der Waals surface area contributed by atoms with Crippen molar-refractivity contribution in [2.75, 3.05) is 0 Å². The van der Waals surface area contributed by atoms with Crippen LogP contribution in [0.1, 0.15) is 36.0 Å². The van der Waals surface area contributed by atoms with Gasteiger partial charge in [0.1, 0.15) is 0 Å². The molecule has 0 saturated heterocycles. The Morgan fingerprint density at radius 2 is 2.06 bits per heavy atom. The summed E-state index contributed by atoms with van der Waals surface area (Å²) in [4.78, 5) is 12.1. The molecule has 1 aliphatic carbocycles. The van der Waals surface area contributed by atoms with Gasteiger partial charge in [-0.1, -0.05) is 40.4 Å². The second kappa shape index (κ2) is 6.04. The molecule has 1 fully saturated rings. The standard InChI is InChI=1S/C13H16BrClN2O/c14-9-5-8(6-10(15)7-9)13(18)17-12-4-2-1-3-11(12)16/h5-7,11-12H,1-4,16H2,(H,17,18)/t11-,12-/m1/s1. The molecule has 3 N–H and O–H groups in total. The van der Waals surface area contributed by atoms with E-state index >= 15 is 0 Å². The molecule has 0 radical (unpaired) electrons. The number of halogens is 2. The summed E-state index contributed by atoms with van der Waals surface area (Å²) in [5.41, 5.74) is 6.58. The first-order valence-electron chi connectivity index (χ1n) is 6.09. The van der Waals surface area contributed by atoms with Gasteiger partial charge in [-0.3, -0.25) is 4.79 Å². The zero-order chi connectivity index (χ0) is 13.1. The number of hydrogen-bond acceptors (Lipinski definition) is 2. The lowest BCUT2D eigenvalue weighted by atomic mass is 9.91. The maximum Gasteiger partial charge on any atom is 0.251 e. The molecule has 1 saturated carbocycles. The van der Waals surface area contributed by atoms with Crippen LogP contribution in [0, 0.1) is 0 Å². The van der Waals surface area contributed by atoms with E-state index in [0.29, 0.717) is 10.6 Å². The third kappa shape index (κ3) is 3.46. The Hall–Kier alpha value is -0.580. The molecular weight excluding hydrogens is 316 g/mol. The summed E-state index contributed by atoms with van der Waals surface area (Å²) in [6.45, 7) is 0. The highest BCUT2D eigenvalue weighted by Gasteiger charge is 2.23. The van der Waals surface area contributed by atoms with Crippen LogP contribution < -0.4 is 11.1 Å². The average molecular weight is 332 g/mol. The largest absolute Gasteiger partial charge is 0.348 e. The molecular formula is C13H16BrClN2O. The monoisotopic (exact) mass is 330 g/mol. The van der Waals surface area contributed by atoms with Crippen molar-refractivity contribution < 1.29 is 4.79 Å². The Bertz CT molecular complexity index is 432. The van der Waals surface area contributed by atoms with Crippen LogP contribution in [0.5, 0.6) is 0 Å². The van der Waals surface area contributed by atoms with E-state index in [-0.39, 0.29) is 18.0 Å². The molecule has 0 unspecified atom stereocenters. The second-order valence-corrected chi connectivity index (χ2v) is 6.04. The molecule has 0 spiro atoms. The molecule has 5 heteroatoms. The van der Waals surface area contributed by atoms with Crippen molar-refractivity contribution in [2.24, 2.45) is 5.73 Å². The molecule has 0 aromatic heterocycles. The fourth-order valence-corrected chi connectivity index (χ4v) is 3.14. The molecule has 0 bridgehead atoms. The van der Waals surface area contributed by atoms with E-state index in [1.807, 2.05) is 0 Å². The summed E-state index contributed by atoms with van der Waals surface area (Å²) in [6, 6.07) is 5.31. The molecule has 3 nitrogen and oxygen atoms in total. The minimum atomic E-state index is -0.111. The molecule has 0 heterocycles. The molecule has 0 aliphatic heterocycles. The smallest absolute Gasteiger partial charge is 0.251 e. The first-order valence-corrected chi connectivity index (χ1v) is 7.26. The zero-order valence-corrected chi connectivity index (χ0v) is 12.3. The van der Waals surface area contributed by atoms with Gasteiger partial charge in [0.25, 0.3) is 5.91 Å². The first kappa shape index (κ1) is 13.8. The van der Waals surface area contributed by atoms with Gasteiger partial charge in [-0.05, 0) is 31.0 Å². The fourth-order valence-electron chi connectivity index (χ4n) is 2.28. The van der Waals surface area contributed by atoms with Crippen molar-refractivity contribution in [1.82, 2.24) is 5.32 Å². The maximum absolute atomic E-state index is 12.1. The minimum absolute atomic E-state index is 0.0605. The van der Waals surface area contributed by atoms with Crippen LogP contribution in [0.3, 0.4) is 0 Å². The van der Waals surface area contributed by atoms with Crippen LogP contribution in [-0.4, -0.2) is 18.0 Å². The summed E-state index contributed by atoms with van der Waals surface area (Å²) < 4.78 is 0.799.